The van der Waals surface area contributed by atoms with Gasteiger partial charge in [-0.15, -0.1) is 0 Å². The van der Waals surface area contributed by atoms with E-state index in [-0.39, 0.29) is 0 Å². The van der Waals surface area contributed by atoms with E-state index in [0.29, 0.717) is 0 Å². The van der Waals surface area contributed by atoms with Crippen molar-refractivity contribution in [1.82, 2.24) is 15.0 Å². The number of nitrogens with zero attached hydrogens (tertiary/aromatic N) is 3. The van der Waals surface area contributed by atoms with Gasteiger partial charge >= 0.3 is 0 Å². The minimum Gasteiger partial charge on any atom is -0.369 e. The highest BCUT2D eigenvalue weighted by Gasteiger charge is 2.11. The molecule has 0 aliphatic heterocycles. The first kappa shape index (κ1) is 15.2. The van der Waals surface area contributed by atoms with Crippen LogP contribution in [0.25, 0.3) is 0 Å². The third kappa shape index (κ3) is 3.88. The van der Waals surface area contributed by atoms with Crippen molar-refractivity contribution in [1.29, 1.82) is 0 Å². The first-order valence-corrected chi connectivity index (χ1v) is 8.00. The Hall–Kier alpha value is -1.24. The molecule has 106 valence electrons. The molecule has 5 heteroatoms. The van der Waals surface area contributed by atoms with E-state index < -0.39 is 0 Å². The van der Waals surface area contributed by atoms with Crippen LogP contribution < -0.4 is 5.32 Å². The third-order valence-corrected chi connectivity index (χ3v) is 4.02. The Bertz CT molecular complexity index is 530. The molecule has 20 heavy (non-hydrogen) atoms. The van der Waals surface area contributed by atoms with Crippen LogP contribution in [-0.4, -0.2) is 21.5 Å². The summed E-state index contributed by atoms with van der Waals surface area (Å²) in [5.74, 6) is 1.81. The number of aromatic nitrogens is 3. The number of rotatable bonds is 6. The first-order valence-electron chi connectivity index (χ1n) is 6.92. The molecule has 0 spiro atoms. The summed E-state index contributed by atoms with van der Waals surface area (Å²) in [5.41, 5.74) is 2.27. The van der Waals surface area contributed by atoms with E-state index in [2.05, 4.69) is 57.8 Å². The fourth-order valence-corrected chi connectivity index (χ4v) is 2.70. The van der Waals surface area contributed by atoms with E-state index >= 15 is 0 Å². The lowest BCUT2D eigenvalue weighted by atomic mass is 10.2. The maximum Gasteiger partial charge on any atom is 0.143 e. The number of pyridine rings is 1. The Morgan fingerprint density at radius 3 is 2.75 bits per heavy atom. The van der Waals surface area contributed by atoms with Gasteiger partial charge in [-0.3, -0.25) is 4.98 Å². The molecular formula is C15H19IN4. The smallest absolute Gasteiger partial charge is 0.143 e. The maximum atomic E-state index is 4.71. The summed E-state index contributed by atoms with van der Waals surface area (Å²) in [7, 11) is 0. The minimum absolute atomic E-state index is 0.722. The van der Waals surface area contributed by atoms with Crippen molar-refractivity contribution in [3.63, 3.8) is 0 Å². The van der Waals surface area contributed by atoms with Gasteiger partial charge in [-0.05, 0) is 47.6 Å². The number of aryl methyl sites for hydroxylation is 1. The van der Waals surface area contributed by atoms with Gasteiger partial charge in [-0.1, -0.05) is 19.4 Å². The van der Waals surface area contributed by atoms with Crippen LogP contribution in [0.2, 0.25) is 0 Å². The SMILES string of the molecule is CCCc1nc(Cc2cccnc2)nc(NCC)c1I. The van der Waals surface area contributed by atoms with Crippen molar-refractivity contribution in [3.8, 4) is 0 Å². The van der Waals surface area contributed by atoms with Gasteiger partial charge in [0.1, 0.15) is 11.6 Å². The fraction of sp³-hybridized carbons (Fsp3) is 0.400. The second-order valence-electron chi connectivity index (χ2n) is 4.57. The molecule has 0 radical (unpaired) electrons. The van der Waals surface area contributed by atoms with Crippen LogP contribution in [-0.2, 0) is 12.8 Å². The summed E-state index contributed by atoms with van der Waals surface area (Å²) in [6.45, 7) is 5.12. The van der Waals surface area contributed by atoms with Gasteiger partial charge in [-0.2, -0.15) is 0 Å². The molecular weight excluding hydrogens is 363 g/mol. The predicted octanol–water partition coefficient (Wildman–Crippen LogP) is 3.45. The normalized spacial score (nSPS) is 10.6. The van der Waals surface area contributed by atoms with Crippen molar-refractivity contribution in [2.75, 3.05) is 11.9 Å². The Morgan fingerprint density at radius 2 is 2.10 bits per heavy atom. The van der Waals surface area contributed by atoms with Gasteiger partial charge in [0.25, 0.3) is 0 Å². The monoisotopic (exact) mass is 382 g/mol. The van der Waals surface area contributed by atoms with Gasteiger partial charge < -0.3 is 5.32 Å². The van der Waals surface area contributed by atoms with E-state index in [0.717, 1.165) is 52.3 Å². The molecule has 4 nitrogen and oxygen atoms in total. The third-order valence-electron chi connectivity index (χ3n) is 2.88. The average molecular weight is 382 g/mol. The van der Waals surface area contributed by atoms with Gasteiger partial charge in [0.15, 0.2) is 0 Å². The molecule has 2 heterocycles. The lowest BCUT2D eigenvalue weighted by Gasteiger charge is -2.12. The fourth-order valence-electron chi connectivity index (χ4n) is 2.00. The highest BCUT2D eigenvalue weighted by Crippen LogP contribution is 2.21. The number of halogens is 1. The Labute approximate surface area is 133 Å². The molecule has 0 aliphatic rings. The molecule has 2 rings (SSSR count). The number of hydrogen-bond donors (Lipinski definition) is 1. The molecule has 0 bridgehead atoms. The van der Waals surface area contributed by atoms with Crippen LogP contribution in [0, 0.1) is 3.57 Å². The summed E-state index contributed by atoms with van der Waals surface area (Å²) >= 11 is 2.34. The Balaban J connectivity index is 2.32. The van der Waals surface area contributed by atoms with Crippen LogP contribution >= 0.6 is 22.6 Å². The van der Waals surface area contributed by atoms with Crippen molar-refractivity contribution in [2.45, 2.75) is 33.1 Å². The highest BCUT2D eigenvalue weighted by atomic mass is 127. The summed E-state index contributed by atoms with van der Waals surface area (Å²) < 4.78 is 1.14. The zero-order valence-electron chi connectivity index (χ0n) is 11.9. The molecule has 0 saturated heterocycles. The van der Waals surface area contributed by atoms with Crippen LogP contribution in [0.4, 0.5) is 5.82 Å². The van der Waals surface area contributed by atoms with Crippen molar-refractivity contribution in [2.24, 2.45) is 0 Å². The molecule has 2 aromatic rings. The molecule has 1 N–H and O–H groups in total. The largest absolute Gasteiger partial charge is 0.369 e. The van der Waals surface area contributed by atoms with E-state index in [1.807, 2.05) is 12.3 Å². The molecule has 0 unspecified atom stereocenters. The van der Waals surface area contributed by atoms with Crippen LogP contribution in [0.5, 0.6) is 0 Å². The lowest BCUT2D eigenvalue weighted by molar-refractivity contribution is 0.832. The van der Waals surface area contributed by atoms with Gasteiger partial charge in [0.2, 0.25) is 0 Å². The standard InChI is InChI=1S/C15H19IN4/c1-3-6-12-14(16)15(18-4-2)20-13(19-12)9-11-7-5-8-17-10-11/h5,7-8,10H,3-4,6,9H2,1-2H3,(H,18,19,20). The lowest BCUT2D eigenvalue weighted by Crippen LogP contribution is -2.10. The van der Waals surface area contributed by atoms with E-state index in [4.69, 9.17) is 4.98 Å². The van der Waals surface area contributed by atoms with Crippen LogP contribution in [0.15, 0.2) is 24.5 Å². The predicted molar refractivity (Wildman–Crippen MR) is 90.0 cm³/mol. The summed E-state index contributed by atoms with van der Waals surface area (Å²) in [4.78, 5) is 13.5. The molecule has 0 amide bonds. The molecule has 0 fully saturated rings. The number of hydrogen-bond acceptors (Lipinski definition) is 4. The van der Waals surface area contributed by atoms with Crippen molar-refractivity contribution in [3.05, 3.63) is 45.2 Å². The Morgan fingerprint density at radius 1 is 1.25 bits per heavy atom. The second-order valence-corrected chi connectivity index (χ2v) is 5.65. The summed E-state index contributed by atoms with van der Waals surface area (Å²) in [6, 6.07) is 4.00. The van der Waals surface area contributed by atoms with Gasteiger partial charge in [0, 0.05) is 25.4 Å². The van der Waals surface area contributed by atoms with Gasteiger partial charge in [0.05, 0.1) is 9.26 Å². The van der Waals surface area contributed by atoms with E-state index in [1.165, 1.54) is 0 Å². The van der Waals surface area contributed by atoms with Crippen molar-refractivity contribution >= 4 is 28.4 Å². The first-order chi connectivity index (χ1) is 9.74. The van der Waals surface area contributed by atoms with E-state index in [1.54, 1.807) is 6.20 Å². The zero-order chi connectivity index (χ0) is 14.4. The van der Waals surface area contributed by atoms with E-state index in [9.17, 15) is 0 Å². The molecule has 0 atom stereocenters. The van der Waals surface area contributed by atoms with Crippen LogP contribution in [0.1, 0.15) is 37.4 Å². The quantitative estimate of drug-likeness (QED) is 0.778. The molecule has 0 aromatic carbocycles. The topological polar surface area (TPSA) is 50.7 Å². The van der Waals surface area contributed by atoms with Gasteiger partial charge in [-0.25, -0.2) is 9.97 Å². The van der Waals surface area contributed by atoms with Crippen molar-refractivity contribution < 1.29 is 0 Å². The zero-order valence-corrected chi connectivity index (χ0v) is 14.0. The molecule has 0 aliphatic carbocycles. The summed E-state index contributed by atoms with van der Waals surface area (Å²) in [6.07, 6.45) is 6.45. The Kier molecular flexibility index (Phi) is 5.70. The second kappa shape index (κ2) is 7.52. The van der Waals surface area contributed by atoms with Crippen LogP contribution in [0.3, 0.4) is 0 Å². The average Bonchev–Trinajstić information content (AvgIpc) is 2.45. The highest BCUT2D eigenvalue weighted by molar-refractivity contribution is 14.1. The number of anilines is 1. The maximum absolute atomic E-state index is 4.71. The summed E-state index contributed by atoms with van der Waals surface area (Å²) in [5, 5.41) is 3.33. The molecule has 0 saturated carbocycles. The molecule has 2 aromatic heterocycles. The number of nitrogens with one attached hydrogen (secondary N) is 1. The minimum atomic E-state index is 0.722.